The van der Waals surface area contributed by atoms with Gasteiger partial charge in [-0.3, -0.25) is 39.1 Å². The van der Waals surface area contributed by atoms with E-state index in [0.717, 1.165) is 117 Å². The molecule has 4 aliphatic heterocycles. The summed E-state index contributed by atoms with van der Waals surface area (Å²) in [6, 6.07) is 7.48. The van der Waals surface area contributed by atoms with E-state index in [-0.39, 0.29) is 35.6 Å². The highest BCUT2D eigenvalue weighted by atomic mass is 16.5. The molecular weight excluding hydrogens is 779 g/mol. The molecule has 5 aliphatic rings. The monoisotopic (exact) mass is 837 g/mol. The molecule has 3 fully saturated rings. The number of nitrogens with one attached hydrogen (secondary N) is 2. The SMILES string of the molecule is CNC(=O)C1CCc2c(-c3cc(OC)c(CN4CCC(CCN5CCN(c6cc7c(c(OC)c6)C(=O)N(C6CCC(=O)NC6=O)C7)CC5)CC4)c(OC)c3)cn(C)c(=O)c2C1. The molecule has 15 heteroatoms. The van der Waals surface area contributed by atoms with E-state index < -0.39 is 11.9 Å². The van der Waals surface area contributed by atoms with Crippen molar-refractivity contribution in [3.8, 4) is 28.4 Å². The lowest BCUT2D eigenvalue weighted by molar-refractivity contribution is -0.137. The molecule has 61 heavy (non-hydrogen) atoms. The maximum atomic E-state index is 13.5. The van der Waals surface area contributed by atoms with Crippen LogP contribution in [0.3, 0.4) is 0 Å². The van der Waals surface area contributed by atoms with Gasteiger partial charge in [0.2, 0.25) is 17.7 Å². The summed E-state index contributed by atoms with van der Waals surface area (Å²) in [6.07, 6.45) is 7.65. The van der Waals surface area contributed by atoms with Crippen LogP contribution in [0.5, 0.6) is 17.2 Å². The number of nitrogens with zero attached hydrogens (tertiary/aromatic N) is 5. The summed E-state index contributed by atoms with van der Waals surface area (Å²) in [7, 11) is 8.38. The van der Waals surface area contributed by atoms with Crippen molar-refractivity contribution in [2.24, 2.45) is 18.9 Å². The number of piperidine rings is 2. The number of anilines is 1. The lowest BCUT2D eigenvalue weighted by Gasteiger charge is -2.38. The third-order valence-electron chi connectivity index (χ3n) is 13.8. The molecule has 2 N–H and O–H groups in total. The molecule has 1 aromatic heterocycles. The van der Waals surface area contributed by atoms with Crippen molar-refractivity contribution in [1.29, 1.82) is 0 Å². The fourth-order valence-electron chi connectivity index (χ4n) is 10.2. The number of carbonyl (C=O) groups excluding carboxylic acids is 4. The smallest absolute Gasteiger partial charge is 0.258 e. The summed E-state index contributed by atoms with van der Waals surface area (Å²) in [4.78, 5) is 72.5. The molecule has 1 aliphatic carbocycles. The Labute approximate surface area is 357 Å². The van der Waals surface area contributed by atoms with E-state index in [4.69, 9.17) is 14.2 Å². The second-order valence-electron chi connectivity index (χ2n) is 17.2. The highest BCUT2D eigenvalue weighted by Gasteiger charge is 2.41. The van der Waals surface area contributed by atoms with Crippen LogP contribution in [0.25, 0.3) is 11.1 Å². The zero-order valence-corrected chi connectivity index (χ0v) is 36.1. The predicted molar refractivity (Wildman–Crippen MR) is 230 cm³/mol. The van der Waals surface area contributed by atoms with Gasteiger partial charge in [0.25, 0.3) is 11.5 Å². The van der Waals surface area contributed by atoms with Crippen molar-refractivity contribution >= 4 is 29.3 Å². The first-order valence-electron chi connectivity index (χ1n) is 21.7. The minimum Gasteiger partial charge on any atom is -0.496 e. The number of imide groups is 1. The number of methoxy groups -OCH3 is 3. The molecule has 8 rings (SSSR count). The Kier molecular flexibility index (Phi) is 12.4. The van der Waals surface area contributed by atoms with Gasteiger partial charge in [0.05, 0.1) is 32.5 Å². The number of ether oxygens (including phenoxy) is 3. The first-order chi connectivity index (χ1) is 29.5. The number of aryl methyl sites for hydroxylation is 1. The molecule has 0 bridgehead atoms. The normalized spacial score (nSPS) is 21.2. The molecule has 3 aromatic rings. The number of piperazine rings is 1. The summed E-state index contributed by atoms with van der Waals surface area (Å²) in [5.74, 6) is 1.53. The highest BCUT2D eigenvalue weighted by Crippen LogP contribution is 2.41. The first-order valence-corrected chi connectivity index (χ1v) is 21.7. The lowest BCUT2D eigenvalue weighted by Crippen LogP contribution is -2.52. The van der Waals surface area contributed by atoms with Gasteiger partial charge in [-0.15, -0.1) is 0 Å². The van der Waals surface area contributed by atoms with Crippen LogP contribution >= 0.6 is 0 Å². The highest BCUT2D eigenvalue weighted by molar-refractivity contribution is 6.06. The van der Waals surface area contributed by atoms with Crippen molar-refractivity contribution in [1.82, 2.24) is 29.9 Å². The predicted octanol–water partition coefficient (Wildman–Crippen LogP) is 3.11. The Morgan fingerprint density at radius 1 is 0.820 bits per heavy atom. The molecule has 2 unspecified atom stereocenters. The summed E-state index contributed by atoms with van der Waals surface area (Å²) in [6.45, 7) is 7.74. The maximum absolute atomic E-state index is 13.5. The Morgan fingerprint density at radius 3 is 2.18 bits per heavy atom. The molecule has 0 radical (unpaired) electrons. The van der Waals surface area contributed by atoms with Crippen LogP contribution in [0.1, 0.15) is 71.1 Å². The van der Waals surface area contributed by atoms with Crippen molar-refractivity contribution < 1.29 is 33.4 Å². The number of likely N-dealkylation sites (tertiary alicyclic amines) is 1. The number of fused-ring (bicyclic) bond motifs is 2. The summed E-state index contributed by atoms with van der Waals surface area (Å²) < 4.78 is 19.3. The number of benzene rings is 2. The summed E-state index contributed by atoms with van der Waals surface area (Å²) >= 11 is 0. The van der Waals surface area contributed by atoms with E-state index in [1.807, 2.05) is 12.3 Å². The van der Waals surface area contributed by atoms with Crippen LogP contribution in [0.4, 0.5) is 5.69 Å². The number of hydrogen-bond donors (Lipinski definition) is 2. The number of pyridine rings is 1. The molecular formula is C46H59N7O8. The standard InChI is InChI=1S/C46H59N7O8/c1-47-43(55)29-6-7-33-34(21-29)45(57)49(2)26-35(33)30-22-38(59-3)36(39(23-30)60-4)27-51-14-11-28(12-15-51)10-13-50-16-18-52(19-17-50)32-20-31-25-53(37-8-9-41(54)48-44(37)56)46(58)42(31)40(24-32)61-5/h20,22-24,26,28-29,37H,6-19,21,25,27H2,1-5H3,(H,47,55)(H,48,54,56). The van der Waals surface area contributed by atoms with Gasteiger partial charge >= 0.3 is 0 Å². The van der Waals surface area contributed by atoms with E-state index in [9.17, 15) is 24.0 Å². The largest absolute Gasteiger partial charge is 0.496 e. The zero-order chi connectivity index (χ0) is 42.9. The molecule has 0 saturated carbocycles. The third kappa shape index (κ3) is 8.46. The van der Waals surface area contributed by atoms with E-state index in [1.165, 1.54) is 0 Å². The van der Waals surface area contributed by atoms with Gasteiger partial charge in [0.1, 0.15) is 23.3 Å². The van der Waals surface area contributed by atoms with Gasteiger partial charge in [-0.05, 0) is 105 Å². The Bertz CT molecular complexity index is 2230. The second kappa shape index (κ2) is 17.9. The average molecular weight is 838 g/mol. The van der Waals surface area contributed by atoms with Crippen molar-refractivity contribution in [3.05, 3.63) is 68.6 Å². The number of aromatic nitrogens is 1. The van der Waals surface area contributed by atoms with Crippen LogP contribution in [0.15, 0.2) is 35.3 Å². The van der Waals surface area contributed by atoms with Gasteiger partial charge in [0, 0.05) is 94.8 Å². The first kappa shape index (κ1) is 42.3. The van der Waals surface area contributed by atoms with Crippen LogP contribution in [0, 0.1) is 11.8 Å². The van der Waals surface area contributed by atoms with Gasteiger partial charge in [-0.25, -0.2) is 0 Å². The van der Waals surface area contributed by atoms with E-state index in [0.29, 0.717) is 55.0 Å². The molecule has 0 spiro atoms. The fourth-order valence-corrected chi connectivity index (χ4v) is 10.2. The van der Waals surface area contributed by atoms with Gasteiger partial charge in [-0.2, -0.15) is 0 Å². The molecule has 15 nitrogen and oxygen atoms in total. The molecule has 2 atom stereocenters. The Hall–Kier alpha value is -5.41. The Balaban J connectivity index is 0.845. The fraction of sp³-hybridized carbons (Fsp3) is 0.543. The minimum absolute atomic E-state index is 0.0237. The number of carbonyl (C=O) groups is 4. The second-order valence-corrected chi connectivity index (χ2v) is 17.2. The maximum Gasteiger partial charge on any atom is 0.258 e. The summed E-state index contributed by atoms with van der Waals surface area (Å²) in [5.41, 5.74) is 6.97. The topological polar surface area (TPSA) is 155 Å². The molecule has 5 heterocycles. The molecule has 326 valence electrons. The van der Waals surface area contributed by atoms with Crippen molar-refractivity contribution in [3.63, 3.8) is 0 Å². The van der Waals surface area contributed by atoms with Crippen molar-refractivity contribution in [2.75, 3.05) is 79.1 Å². The van der Waals surface area contributed by atoms with Crippen LogP contribution in [-0.2, 0) is 47.4 Å². The van der Waals surface area contributed by atoms with Crippen LogP contribution in [-0.4, -0.2) is 123 Å². The number of hydrogen-bond acceptors (Lipinski definition) is 11. The van der Waals surface area contributed by atoms with E-state index in [1.54, 1.807) is 44.9 Å². The van der Waals surface area contributed by atoms with Crippen molar-refractivity contribution in [2.45, 2.75) is 70.5 Å². The van der Waals surface area contributed by atoms with Crippen LogP contribution in [0.2, 0.25) is 0 Å². The van der Waals surface area contributed by atoms with Gasteiger partial charge < -0.3 is 33.9 Å². The van der Waals surface area contributed by atoms with E-state index in [2.05, 4.69) is 43.5 Å². The lowest BCUT2D eigenvalue weighted by atomic mass is 9.81. The van der Waals surface area contributed by atoms with Gasteiger partial charge in [-0.1, -0.05) is 0 Å². The number of amides is 4. The minimum atomic E-state index is -0.661. The summed E-state index contributed by atoms with van der Waals surface area (Å²) in [5, 5.41) is 5.13. The zero-order valence-electron chi connectivity index (χ0n) is 36.1. The van der Waals surface area contributed by atoms with E-state index >= 15 is 0 Å². The Morgan fingerprint density at radius 2 is 1.52 bits per heavy atom. The van der Waals surface area contributed by atoms with Gasteiger partial charge in [0.15, 0.2) is 0 Å². The number of rotatable bonds is 12. The third-order valence-corrected chi connectivity index (χ3v) is 13.8. The molecule has 2 aromatic carbocycles. The molecule has 3 saturated heterocycles. The average Bonchev–Trinajstić information content (AvgIpc) is 3.61. The molecule has 4 amide bonds. The quantitative estimate of drug-likeness (QED) is 0.259. The van der Waals surface area contributed by atoms with Crippen LogP contribution < -0.4 is 35.3 Å².